The van der Waals surface area contributed by atoms with E-state index >= 15 is 0 Å². The highest BCUT2D eigenvalue weighted by molar-refractivity contribution is 7.13. The van der Waals surface area contributed by atoms with Gasteiger partial charge in [0.2, 0.25) is 5.91 Å². The molecule has 2 N–H and O–H groups in total. The Morgan fingerprint density at radius 1 is 1.50 bits per heavy atom. The number of carbonyl (C=O) groups is 2. The molecule has 0 atom stereocenters. The summed E-state index contributed by atoms with van der Waals surface area (Å²) in [6.45, 7) is 4.85. The van der Waals surface area contributed by atoms with Gasteiger partial charge in [-0.15, -0.1) is 11.3 Å². The molecule has 0 aliphatic rings. The second kappa shape index (κ2) is 5.23. The Hall–Kier alpha value is -1.20. The molecule has 0 unspecified atom stereocenters. The normalized spacial score (nSPS) is 10.6. The molecule has 0 fully saturated rings. The van der Waals surface area contributed by atoms with Gasteiger partial charge in [-0.25, -0.2) is 0 Å². The molecule has 0 aliphatic carbocycles. The van der Waals surface area contributed by atoms with E-state index in [4.69, 9.17) is 5.11 Å². The quantitative estimate of drug-likeness (QED) is 0.790. The number of nitrogens with one attached hydrogen (secondary N) is 1. The number of amides is 1. The Bertz CT molecular complexity index is 409. The molecule has 1 aromatic heterocycles. The van der Waals surface area contributed by atoms with Crippen LogP contribution in [0.2, 0.25) is 0 Å². The van der Waals surface area contributed by atoms with Crippen molar-refractivity contribution in [2.45, 2.75) is 20.8 Å². The highest BCUT2D eigenvalue weighted by Crippen LogP contribution is 2.28. The third kappa shape index (κ3) is 2.68. The van der Waals surface area contributed by atoms with Crippen molar-refractivity contribution >= 4 is 28.7 Å². The predicted octanol–water partition coefficient (Wildman–Crippen LogP) is 1.83. The van der Waals surface area contributed by atoms with E-state index in [0.29, 0.717) is 10.6 Å². The maximum Gasteiger partial charge on any atom is 0.226 e. The van der Waals surface area contributed by atoms with Gasteiger partial charge in [-0.2, -0.15) is 0 Å². The fraction of sp³-hybridized carbons (Fsp3) is 0.455. The van der Waals surface area contributed by atoms with Crippen LogP contribution < -0.4 is 5.32 Å². The van der Waals surface area contributed by atoms with Gasteiger partial charge in [-0.3, -0.25) is 9.59 Å². The molecule has 1 rings (SSSR count). The average molecular weight is 241 g/mol. The fourth-order valence-corrected chi connectivity index (χ4v) is 2.08. The average Bonchev–Trinajstić information content (AvgIpc) is 2.59. The summed E-state index contributed by atoms with van der Waals surface area (Å²) in [7, 11) is 0. The van der Waals surface area contributed by atoms with Gasteiger partial charge in [0, 0.05) is 5.92 Å². The lowest BCUT2D eigenvalue weighted by Gasteiger charge is -2.09. The van der Waals surface area contributed by atoms with Gasteiger partial charge < -0.3 is 10.4 Å². The Morgan fingerprint density at radius 3 is 2.62 bits per heavy atom. The summed E-state index contributed by atoms with van der Waals surface area (Å²) >= 11 is 1.24. The Labute approximate surface area is 98.3 Å². The van der Waals surface area contributed by atoms with Crippen molar-refractivity contribution in [3.05, 3.63) is 15.8 Å². The minimum atomic E-state index is -0.537. The van der Waals surface area contributed by atoms with Crippen LogP contribution in [0.4, 0.5) is 5.69 Å². The van der Waals surface area contributed by atoms with Crippen molar-refractivity contribution in [1.29, 1.82) is 0 Å². The number of aliphatic hydroxyl groups is 1. The molecule has 88 valence electrons. The number of carbonyl (C=O) groups excluding carboxylic acids is 2. The van der Waals surface area contributed by atoms with Crippen LogP contribution in [0, 0.1) is 12.8 Å². The summed E-state index contributed by atoms with van der Waals surface area (Å²) in [6.07, 6.45) is 0. The minimum Gasteiger partial charge on any atom is -0.388 e. The molecule has 1 heterocycles. The van der Waals surface area contributed by atoms with Crippen molar-refractivity contribution in [3.63, 3.8) is 0 Å². The molecule has 0 saturated carbocycles. The fourth-order valence-electron chi connectivity index (χ4n) is 1.14. The van der Waals surface area contributed by atoms with Crippen LogP contribution in [0.15, 0.2) is 5.38 Å². The Morgan fingerprint density at radius 2 is 2.12 bits per heavy atom. The van der Waals surface area contributed by atoms with Crippen molar-refractivity contribution in [2.75, 3.05) is 11.9 Å². The minimum absolute atomic E-state index is 0.131. The molecule has 4 nitrogen and oxygen atoms in total. The molecule has 1 aromatic rings. The maximum atomic E-state index is 11.5. The number of Topliss-reactive ketones (excluding diaryl/α,β-unsaturated/α-hetero) is 1. The van der Waals surface area contributed by atoms with Crippen LogP contribution in [0.1, 0.15) is 29.1 Å². The zero-order valence-corrected chi connectivity index (χ0v) is 10.4. The number of aliphatic hydroxyl groups excluding tert-OH is 1. The van der Waals surface area contributed by atoms with Gasteiger partial charge in [-0.05, 0) is 17.9 Å². The van der Waals surface area contributed by atoms with Crippen LogP contribution in [0.25, 0.3) is 0 Å². The van der Waals surface area contributed by atoms with Gasteiger partial charge in [0.25, 0.3) is 0 Å². The molecular formula is C11H15NO3S. The van der Waals surface area contributed by atoms with E-state index in [-0.39, 0.29) is 17.6 Å². The first-order valence-electron chi connectivity index (χ1n) is 5.00. The second-order valence-electron chi connectivity index (χ2n) is 3.85. The first kappa shape index (κ1) is 12.9. The molecule has 1 amide bonds. The number of anilines is 1. The first-order valence-corrected chi connectivity index (χ1v) is 5.88. The van der Waals surface area contributed by atoms with E-state index in [0.717, 1.165) is 5.56 Å². The van der Waals surface area contributed by atoms with Gasteiger partial charge in [0.15, 0.2) is 5.78 Å². The van der Waals surface area contributed by atoms with E-state index in [1.54, 1.807) is 19.2 Å². The summed E-state index contributed by atoms with van der Waals surface area (Å²) < 4.78 is 0. The van der Waals surface area contributed by atoms with E-state index in [1.165, 1.54) is 11.3 Å². The van der Waals surface area contributed by atoms with E-state index in [2.05, 4.69) is 5.32 Å². The summed E-state index contributed by atoms with van der Waals surface area (Å²) in [5, 5.41) is 13.3. The monoisotopic (exact) mass is 241 g/mol. The molecule has 0 aliphatic heterocycles. The number of aryl methyl sites for hydroxylation is 1. The van der Waals surface area contributed by atoms with E-state index in [9.17, 15) is 9.59 Å². The zero-order chi connectivity index (χ0) is 12.3. The van der Waals surface area contributed by atoms with Gasteiger partial charge in [0.1, 0.15) is 6.61 Å². The smallest absolute Gasteiger partial charge is 0.226 e. The number of hydrogen-bond donors (Lipinski definition) is 2. The van der Waals surface area contributed by atoms with Crippen LogP contribution in [0.5, 0.6) is 0 Å². The van der Waals surface area contributed by atoms with Crippen molar-refractivity contribution in [2.24, 2.45) is 5.92 Å². The maximum absolute atomic E-state index is 11.5. The van der Waals surface area contributed by atoms with E-state index in [1.807, 2.05) is 6.92 Å². The Balaban J connectivity index is 2.98. The van der Waals surface area contributed by atoms with Crippen molar-refractivity contribution in [1.82, 2.24) is 0 Å². The molecule has 0 aromatic carbocycles. The van der Waals surface area contributed by atoms with Crippen LogP contribution in [-0.2, 0) is 4.79 Å². The second-order valence-corrected chi connectivity index (χ2v) is 4.73. The lowest BCUT2D eigenvalue weighted by molar-refractivity contribution is -0.118. The van der Waals surface area contributed by atoms with Crippen LogP contribution in [0.3, 0.4) is 0 Å². The topological polar surface area (TPSA) is 66.4 Å². The number of rotatable bonds is 4. The van der Waals surface area contributed by atoms with Crippen LogP contribution in [-0.4, -0.2) is 23.4 Å². The highest BCUT2D eigenvalue weighted by atomic mass is 32.1. The first-order chi connectivity index (χ1) is 7.47. The predicted molar refractivity (Wildman–Crippen MR) is 63.9 cm³/mol. The zero-order valence-electron chi connectivity index (χ0n) is 9.53. The Kier molecular flexibility index (Phi) is 4.20. The van der Waals surface area contributed by atoms with Crippen molar-refractivity contribution in [3.8, 4) is 0 Å². The SMILES string of the molecule is Cc1csc(C(=O)CO)c1NC(=O)C(C)C. The van der Waals surface area contributed by atoms with Gasteiger partial charge in [-0.1, -0.05) is 13.8 Å². The molecule has 0 radical (unpaired) electrons. The van der Waals surface area contributed by atoms with Crippen LogP contribution >= 0.6 is 11.3 Å². The summed E-state index contributed by atoms with van der Waals surface area (Å²) in [4.78, 5) is 23.4. The molecule has 0 spiro atoms. The summed E-state index contributed by atoms with van der Waals surface area (Å²) in [5.41, 5.74) is 1.37. The van der Waals surface area contributed by atoms with E-state index < -0.39 is 6.61 Å². The lowest BCUT2D eigenvalue weighted by atomic mass is 10.1. The standard InChI is InChI=1S/C11H15NO3S/c1-6(2)11(15)12-9-7(3)5-16-10(9)8(14)4-13/h5-6,13H,4H2,1-3H3,(H,12,15). The number of thiophene rings is 1. The molecule has 0 bridgehead atoms. The third-order valence-corrected chi connectivity index (χ3v) is 3.28. The number of ketones is 1. The summed E-state index contributed by atoms with van der Waals surface area (Å²) in [5.74, 6) is -0.637. The van der Waals surface area contributed by atoms with Crippen molar-refractivity contribution < 1.29 is 14.7 Å². The third-order valence-electron chi connectivity index (χ3n) is 2.14. The van der Waals surface area contributed by atoms with Gasteiger partial charge in [0.05, 0.1) is 10.6 Å². The molecule has 16 heavy (non-hydrogen) atoms. The molecule has 5 heteroatoms. The molecule has 0 saturated heterocycles. The largest absolute Gasteiger partial charge is 0.388 e. The lowest BCUT2D eigenvalue weighted by Crippen LogP contribution is -2.19. The summed E-state index contributed by atoms with van der Waals surface area (Å²) in [6, 6.07) is 0. The highest BCUT2D eigenvalue weighted by Gasteiger charge is 2.18. The number of hydrogen-bond acceptors (Lipinski definition) is 4. The van der Waals surface area contributed by atoms with Gasteiger partial charge >= 0.3 is 0 Å². The molecular weight excluding hydrogens is 226 g/mol.